The molecule has 152 valence electrons. The first-order valence-corrected chi connectivity index (χ1v) is 10.7. The minimum absolute atomic E-state index is 0. The molecule has 0 aliphatic heterocycles. The Kier molecular flexibility index (Phi) is 24.9. The molecule has 0 saturated carbocycles. The molecule has 4 nitrogen and oxygen atoms in total. The predicted octanol–water partition coefficient (Wildman–Crippen LogP) is 6.05. The maximum Gasteiger partial charge on any atom is 2.00 e. The number of carboxylic acid groups (broad SMARTS) is 1. The minimum Gasteiger partial charge on any atom is -0.478 e. The van der Waals surface area contributed by atoms with Crippen LogP contribution in [-0.4, -0.2) is 46.7 Å². The van der Waals surface area contributed by atoms with Crippen LogP contribution in [0.4, 0.5) is 0 Å². The Morgan fingerprint density at radius 3 is 1.41 bits per heavy atom. The summed E-state index contributed by atoms with van der Waals surface area (Å²) in [5, 5.41) is 8.39. The Labute approximate surface area is 182 Å². The number of aliphatic carboxylic acids is 1. The van der Waals surface area contributed by atoms with E-state index in [0.29, 0.717) is 6.61 Å². The van der Waals surface area contributed by atoms with Crippen molar-refractivity contribution in [1.29, 1.82) is 0 Å². The maximum absolute atomic E-state index is 11.1. The summed E-state index contributed by atoms with van der Waals surface area (Å²) in [5.41, 5.74) is 0. The Morgan fingerprint density at radius 2 is 1.04 bits per heavy atom. The van der Waals surface area contributed by atoms with E-state index in [9.17, 15) is 9.59 Å². The van der Waals surface area contributed by atoms with Gasteiger partial charge in [0.2, 0.25) is 0 Å². The molecule has 0 aliphatic carbocycles. The number of ether oxygens (including phenoxy) is 1. The Morgan fingerprint density at radius 1 is 0.667 bits per heavy atom. The molecule has 0 aromatic heterocycles. The zero-order valence-electron chi connectivity index (χ0n) is 17.6. The second-order valence-corrected chi connectivity index (χ2v) is 7.14. The molecule has 27 heavy (non-hydrogen) atoms. The van der Waals surface area contributed by atoms with Gasteiger partial charge in [0.15, 0.2) is 0 Å². The predicted molar refractivity (Wildman–Crippen MR) is 113 cm³/mol. The first-order valence-electron chi connectivity index (χ1n) is 10.7. The van der Waals surface area contributed by atoms with Crippen LogP contribution >= 0.6 is 0 Å². The topological polar surface area (TPSA) is 63.6 Å². The Hall–Kier alpha value is -0.554. The molecule has 0 atom stereocenters. The molecule has 0 aliphatic rings. The van der Waals surface area contributed by atoms with Crippen LogP contribution in [0.15, 0.2) is 12.2 Å². The van der Waals surface area contributed by atoms with Gasteiger partial charge in [0.25, 0.3) is 0 Å². The van der Waals surface area contributed by atoms with E-state index in [-0.39, 0.29) is 23.1 Å². The molecule has 0 rings (SSSR count). The number of unbranched alkanes of at least 4 members (excludes halogenated alkanes) is 15. The van der Waals surface area contributed by atoms with Gasteiger partial charge in [-0.2, -0.15) is 0 Å². The Balaban J connectivity index is 0. The van der Waals surface area contributed by atoms with Crippen LogP contribution in [0, 0.1) is 0 Å². The van der Waals surface area contributed by atoms with E-state index >= 15 is 0 Å². The summed E-state index contributed by atoms with van der Waals surface area (Å²) >= 11 is 0. The van der Waals surface area contributed by atoms with Gasteiger partial charge < -0.3 is 9.84 Å². The molecule has 0 radical (unpaired) electrons. The van der Waals surface area contributed by atoms with Gasteiger partial charge in [-0.15, -0.1) is 0 Å². The normalized spacial score (nSPS) is 10.7. The standard InChI is InChI=1S/C22H40O4.Mg/c1-2-3-4-5-6-7-8-9-10-11-12-13-14-15-16-17-20-26-22(25)19-18-21(23)24;/h18-19H,2-17,20H2,1H3,(H,23,24);/q;+2/b19-18+;. The molecule has 0 heterocycles. The van der Waals surface area contributed by atoms with Crippen LogP contribution in [0.5, 0.6) is 0 Å². The van der Waals surface area contributed by atoms with E-state index < -0.39 is 11.9 Å². The first-order chi connectivity index (χ1) is 12.7. The van der Waals surface area contributed by atoms with Gasteiger partial charge in [0.1, 0.15) is 0 Å². The van der Waals surface area contributed by atoms with Crippen LogP contribution in [-0.2, 0) is 14.3 Å². The van der Waals surface area contributed by atoms with Crippen molar-refractivity contribution in [1.82, 2.24) is 0 Å². The maximum atomic E-state index is 11.1. The number of carboxylic acids is 1. The smallest absolute Gasteiger partial charge is 0.478 e. The SMILES string of the molecule is CCCCCCCCCCCCCCCCCCOC(=O)/C=C/C(=O)O.[Mg+2]. The van der Waals surface area contributed by atoms with Gasteiger partial charge in [-0.25, -0.2) is 9.59 Å². The van der Waals surface area contributed by atoms with E-state index in [1.165, 1.54) is 89.9 Å². The zero-order chi connectivity index (χ0) is 19.3. The van der Waals surface area contributed by atoms with Gasteiger partial charge in [-0.3, -0.25) is 0 Å². The molecule has 0 unspecified atom stereocenters. The number of hydrogen-bond donors (Lipinski definition) is 1. The summed E-state index contributed by atoms with van der Waals surface area (Å²) in [4.78, 5) is 21.4. The van der Waals surface area contributed by atoms with Gasteiger partial charge in [-0.1, -0.05) is 103 Å². The van der Waals surface area contributed by atoms with Crippen molar-refractivity contribution in [2.75, 3.05) is 6.61 Å². The van der Waals surface area contributed by atoms with Crippen molar-refractivity contribution in [3.63, 3.8) is 0 Å². The van der Waals surface area contributed by atoms with Crippen molar-refractivity contribution in [3.8, 4) is 0 Å². The average molecular weight is 393 g/mol. The number of rotatable bonds is 19. The molecule has 0 amide bonds. The molecular weight excluding hydrogens is 353 g/mol. The minimum atomic E-state index is -1.13. The van der Waals surface area contributed by atoms with Gasteiger partial charge >= 0.3 is 35.0 Å². The summed E-state index contributed by atoms with van der Waals surface area (Å²) in [6, 6.07) is 0. The Bertz CT molecular complexity index is 369. The van der Waals surface area contributed by atoms with Gasteiger partial charge in [0, 0.05) is 12.2 Å². The molecule has 0 bridgehead atoms. The van der Waals surface area contributed by atoms with Crippen LogP contribution in [0.1, 0.15) is 110 Å². The van der Waals surface area contributed by atoms with E-state index in [4.69, 9.17) is 9.84 Å². The zero-order valence-corrected chi connectivity index (χ0v) is 19.0. The van der Waals surface area contributed by atoms with E-state index in [0.717, 1.165) is 25.0 Å². The first kappa shape index (κ1) is 28.7. The van der Waals surface area contributed by atoms with Crippen molar-refractivity contribution in [3.05, 3.63) is 12.2 Å². The van der Waals surface area contributed by atoms with E-state index in [1.54, 1.807) is 0 Å². The molecule has 5 heteroatoms. The molecule has 0 aromatic carbocycles. The second-order valence-electron chi connectivity index (χ2n) is 7.14. The molecular formula is C22H40MgO4+2. The fourth-order valence-electron chi connectivity index (χ4n) is 3.01. The summed E-state index contributed by atoms with van der Waals surface area (Å²) in [6.45, 7) is 2.64. The van der Waals surface area contributed by atoms with E-state index in [1.807, 2.05) is 0 Å². The average Bonchev–Trinajstić information content (AvgIpc) is 2.62. The summed E-state index contributed by atoms with van der Waals surface area (Å²) in [5.74, 6) is -1.71. The largest absolute Gasteiger partial charge is 2.00 e. The van der Waals surface area contributed by atoms with Crippen LogP contribution in [0.2, 0.25) is 0 Å². The molecule has 0 fully saturated rings. The molecule has 0 spiro atoms. The second kappa shape index (κ2) is 23.5. The monoisotopic (exact) mass is 392 g/mol. The van der Waals surface area contributed by atoms with Crippen LogP contribution in [0.25, 0.3) is 0 Å². The number of carbonyl (C=O) groups excluding carboxylic acids is 1. The fourth-order valence-corrected chi connectivity index (χ4v) is 3.01. The van der Waals surface area contributed by atoms with Crippen molar-refractivity contribution >= 4 is 35.0 Å². The summed E-state index contributed by atoms with van der Waals surface area (Å²) < 4.78 is 4.92. The molecule has 1 N–H and O–H groups in total. The summed E-state index contributed by atoms with van der Waals surface area (Å²) in [7, 11) is 0. The number of esters is 1. The summed E-state index contributed by atoms with van der Waals surface area (Å²) in [6.07, 6.45) is 22.7. The van der Waals surface area contributed by atoms with Crippen molar-refractivity contribution in [2.24, 2.45) is 0 Å². The van der Waals surface area contributed by atoms with Crippen molar-refractivity contribution in [2.45, 2.75) is 110 Å². The molecule has 0 saturated heterocycles. The van der Waals surface area contributed by atoms with Crippen LogP contribution in [0.3, 0.4) is 0 Å². The number of carbonyl (C=O) groups is 2. The third-order valence-corrected chi connectivity index (χ3v) is 4.60. The van der Waals surface area contributed by atoms with Crippen molar-refractivity contribution < 1.29 is 19.4 Å². The van der Waals surface area contributed by atoms with E-state index in [2.05, 4.69) is 6.92 Å². The number of hydrogen-bond acceptors (Lipinski definition) is 3. The third kappa shape index (κ3) is 25.4. The molecule has 0 aromatic rings. The van der Waals surface area contributed by atoms with Gasteiger partial charge in [-0.05, 0) is 6.42 Å². The quantitative estimate of drug-likeness (QED) is 0.126. The van der Waals surface area contributed by atoms with Crippen LogP contribution < -0.4 is 0 Å². The van der Waals surface area contributed by atoms with Gasteiger partial charge in [0.05, 0.1) is 6.61 Å². The fraction of sp³-hybridized carbons (Fsp3) is 0.818. The third-order valence-electron chi connectivity index (χ3n) is 4.60.